The van der Waals surface area contributed by atoms with Gasteiger partial charge in [0, 0.05) is 12.3 Å². The van der Waals surface area contributed by atoms with Crippen molar-refractivity contribution in [2.75, 3.05) is 0 Å². The van der Waals surface area contributed by atoms with Crippen molar-refractivity contribution in [2.24, 2.45) is 0 Å². The lowest BCUT2D eigenvalue weighted by molar-refractivity contribution is 0.237. The SMILES string of the molecule is CC(C)c1nc(Cc2ccccc2)n(C(=O)n2cncn2)n1. The summed E-state index contributed by atoms with van der Waals surface area (Å²) in [5.74, 6) is 1.37. The van der Waals surface area contributed by atoms with Crippen LogP contribution in [0.1, 0.15) is 37.0 Å². The molecule has 0 aliphatic rings. The lowest BCUT2D eigenvalue weighted by atomic mass is 10.1. The van der Waals surface area contributed by atoms with Crippen LogP contribution in [0.15, 0.2) is 43.0 Å². The molecule has 0 saturated carbocycles. The first kappa shape index (κ1) is 14.1. The second-order valence-corrected chi connectivity index (χ2v) is 5.24. The smallest absolute Gasteiger partial charge is 0.243 e. The number of hydrogen-bond donors (Lipinski definition) is 0. The molecule has 7 nitrogen and oxygen atoms in total. The summed E-state index contributed by atoms with van der Waals surface area (Å²) in [6.07, 6.45) is 3.20. The van der Waals surface area contributed by atoms with Gasteiger partial charge in [0.25, 0.3) is 0 Å². The third-order valence-electron chi connectivity index (χ3n) is 3.21. The molecular formula is C15H16N6O. The first-order chi connectivity index (χ1) is 10.6. The van der Waals surface area contributed by atoms with Crippen LogP contribution in [0.2, 0.25) is 0 Å². The molecule has 3 aromatic rings. The third-order valence-corrected chi connectivity index (χ3v) is 3.21. The molecule has 0 spiro atoms. The molecule has 7 heteroatoms. The van der Waals surface area contributed by atoms with Crippen LogP contribution in [0, 0.1) is 0 Å². The molecule has 112 valence electrons. The van der Waals surface area contributed by atoms with E-state index in [4.69, 9.17) is 0 Å². The maximum Gasteiger partial charge on any atom is 0.372 e. The van der Waals surface area contributed by atoms with Crippen LogP contribution in [0.5, 0.6) is 0 Å². The van der Waals surface area contributed by atoms with Gasteiger partial charge in [-0.25, -0.2) is 14.8 Å². The number of carbonyl (C=O) groups excluding carboxylic acids is 1. The van der Waals surface area contributed by atoms with Crippen LogP contribution < -0.4 is 0 Å². The maximum atomic E-state index is 12.5. The zero-order valence-corrected chi connectivity index (χ0v) is 12.4. The summed E-state index contributed by atoms with van der Waals surface area (Å²) in [6.45, 7) is 3.98. The van der Waals surface area contributed by atoms with Crippen molar-refractivity contribution in [1.29, 1.82) is 0 Å². The van der Waals surface area contributed by atoms with Gasteiger partial charge in [-0.3, -0.25) is 0 Å². The van der Waals surface area contributed by atoms with E-state index in [2.05, 4.69) is 20.2 Å². The molecule has 0 amide bonds. The molecular weight excluding hydrogens is 280 g/mol. The van der Waals surface area contributed by atoms with Crippen LogP contribution >= 0.6 is 0 Å². The van der Waals surface area contributed by atoms with Gasteiger partial charge >= 0.3 is 6.03 Å². The van der Waals surface area contributed by atoms with Gasteiger partial charge in [0.05, 0.1) is 0 Å². The highest BCUT2D eigenvalue weighted by Crippen LogP contribution is 2.14. The molecule has 22 heavy (non-hydrogen) atoms. The van der Waals surface area contributed by atoms with E-state index >= 15 is 0 Å². The summed E-state index contributed by atoms with van der Waals surface area (Å²) in [4.78, 5) is 20.8. The highest BCUT2D eigenvalue weighted by atomic mass is 16.2. The normalized spacial score (nSPS) is 11.0. The Morgan fingerprint density at radius 2 is 2.00 bits per heavy atom. The average molecular weight is 296 g/mol. The van der Waals surface area contributed by atoms with Crippen LogP contribution in [0.25, 0.3) is 0 Å². The van der Waals surface area contributed by atoms with E-state index in [1.165, 1.54) is 17.3 Å². The van der Waals surface area contributed by atoms with E-state index in [1.54, 1.807) is 0 Å². The standard InChI is InChI=1S/C15H16N6O/c1-11(2)14-18-13(8-12-6-4-3-5-7-12)21(19-14)15(22)20-10-16-9-17-20/h3-7,9-11H,8H2,1-2H3. The largest absolute Gasteiger partial charge is 0.372 e. The van der Waals surface area contributed by atoms with Gasteiger partial charge in [-0.05, 0) is 5.56 Å². The molecule has 0 aliphatic carbocycles. The minimum absolute atomic E-state index is 0.138. The Morgan fingerprint density at radius 3 is 2.64 bits per heavy atom. The number of benzene rings is 1. The van der Waals surface area contributed by atoms with Crippen molar-refractivity contribution in [3.63, 3.8) is 0 Å². The van der Waals surface area contributed by atoms with Crippen LogP contribution in [0.4, 0.5) is 4.79 Å². The molecule has 0 fully saturated rings. The van der Waals surface area contributed by atoms with Gasteiger partial charge in [-0.1, -0.05) is 44.2 Å². The minimum Gasteiger partial charge on any atom is -0.243 e. The second kappa shape index (κ2) is 5.88. The van der Waals surface area contributed by atoms with Gasteiger partial charge in [-0.2, -0.15) is 14.5 Å². The van der Waals surface area contributed by atoms with Gasteiger partial charge in [0.2, 0.25) is 0 Å². The molecule has 0 atom stereocenters. The van der Waals surface area contributed by atoms with E-state index in [-0.39, 0.29) is 11.9 Å². The van der Waals surface area contributed by atoms with Gasteiger partial charge in [0.15, 0.2) is 5.82 Å². The van der Waals surface area contributed by atoms with Crippen LogP contribution in [0.3, 0.4) is 0 Å². The van der Waals surface area contributed by atoms with Crippen molar-refractivity contribution in [3.05, 3.63) is 60.2 Å². The monoisotopic (exact) mass is 296 g/mol. The Bertz CT molecular complexity index is 761. The van der Waals surface area contributed by atoms with Crippen molar-refractivity contribution < 1.29 is 4.79 Å². The summed E-state index contributed by atoms with van der Waals surface area (Å²) < 4.78 is 2.45. The first-order valence-electron chi connectivity index (χ1n) is 7.04. The molecule has 1 aromatic carbocycles. The quantitative estimate of drug-likeness (QED) is 0.739. The highest BCUT2D eigenvalue weighted by Gasteiger charge is 2.19. The number of carbonyl (C=O) groups is 1. The van der Waals surface area contributed by atoms with E-state index in [0.717, 1.165) is 10.2 Å². The molecule has 0 bridgehead atoms. The Hall–Kier alpha value is -2.83. The fourth-order valence-corrected chi connectivity index (χ4v) is 2.06. The Morgan fingerprint density at radius 1 is 1.23 bits per heavy atom. The summed E-state index contributed by atoms with van der Waals surface area (Å²) in [5, 5.41) is 8.19. The fourth-order valence-electron chi connectivity index (χ4n) is 2.06. The molecule has 0 aliphatic heterocycles. The van der Waals surface area contributed by atoms with E-state index in [0.29, 0.717) is 18.1 Å². The fraction of sp³-hybridized carbons (Fsp3) is 0.267. The topological polar surface area (TPSA) is 78.5 Å². The number of aromatic nitrogens is 6. The average Bonchev–Trinajstić information content (AvgIpc) is 3.17. The summed E-state index contributed by atoms with van der Waals surface area (Å²) in [7, 11) is 0. The summed E-state index contributed by atoms with van der Waals surface area (Å²) in [6, 6.07) is 9.47. The van der Waals surface area contributed by atoms with Crippen molar-refractivity contribution in [2.45, 2.75) is 26.2 Å². The zero-order chi connectivity index (χ0) is 15.5. The summed E-state index contributed by atoms with van der Waals surface area (Å²) >= 11 is 0. The molecule has 0 N–H and O–H groups in total. The predicted molar refractivity (Wildman–Crippen MR) is 79.6 cm³/mol. The molecule has 3 rings (SSSR count). The van der Waals surface area contributed by atoms with Crippen molar-refractivity contribution in [1.82, 2.24) is 29.5 Å². The summed E-state index contributed by atoms with van der Waals surface area (Å²) in [5.41, 5.74) is 1.07. The first-order valence-corrected chi connectivity index (χ1v) is 7.04. The molecule has 0 radical (unpaired) electrons. The lowest BCUT2D eigenvalue weighted by Gasteiger charge is -2.04. The number of hydrogen-bond acceptors (Lipinski definition) is 5. The number of nitrogens with zero attached hydrogens (tertiary/aromatic N) is 6. The van der Waals surface area contributed by atoms with Gasteiger partial charge < -0.3 is 0 Å². The minimum atomic E-state index is -0.386. The van der Waals surface area contributed by atoms with Crippen LogP contribution in [-0.2, 0) is 6.42 Å². The van der Waals surface area contributed by atoms with Crippen molar-refractivity contribution in [3.8, 4) is 0 Å². The van der Waals surface area contributed by atoms with E-state index in [1.807, 2.05) is 44.2 Å². The molecule has 0 saturated heterocycles. The molecule has 2 aromatic heterocycles. The van der Waals surface area contributed by atoms with Crippen molar-refractivity contribution >= 4 is 6.03 Å². The Kier molecular flexibility index (Phi) is 3.78. The molecule has 0 unspecified atom stereocenters. The highest BCUT2D eigenvalue weighted by molar-refractivity contribution is 5.77. The predicted octanol–water partition coefficient (Wildman–Crippen LogP) is 2.10. The molecule has 2 heterocycles. The van der Waals surface area contributed by atoms with Gasteiger partial charge in [-0.15, -0.1) is 5.10 Å². The third kappa shape index (κ3) is 2.78. The van der Waals surface area contributed by atoms with E-state index < -0.39 is 0 Å². The zero-order valence-electron chi connectivity index (χ0n) is 12.4. The second-order valence-electron chi connectivity index (χ2n) is 5.24. The van der Waals surface area contributed by atoms with Gasteiger partial charge in [0.1, 0.15) is 18.5 Å². The maximum absolute atomic E-state index is 12.5. The Labute approximate surface area is 127 Å². The lowest BCUT2D eigenvalue weighted by Crippen LogP contribution is -2.23. The Balaban J connectivity index is 1.99. The number of rotatable bonds is 3. The van der Waals surface area contributed by atoms with Crippen LogP contribution in [-0.4, -0.2) is 35.6 Å². The van der Waals surface area contributed by atoms with E-state index in [9.17, 15) is 4.79 Å².